The molecule has 9 nitrogen and oxygen atoms in total. The van der Waals surface area contributed by atoms with Crippen molar-refractivity contribution >= 4 is 22.8 Å². The number of carbonyl (C=O) groups excluding carboxylic acids is 2. The fourth-order valence-electron chi connectivity index (χ4n) is 4.09. The monoisotopic (exact) mass is 543 g/mol. The Kier molecular flexibility index (Phi) is 10.4. The van der Waals surface area contributed by atoms with Crippen molar-refractivity contribution in [3.63, 3.8) is 0 Å². The second kappa shape index (κ2) is 14.6. The zero-order valence-electron chi connectivity index (χ0n) is 22.5. The fourth-order valence-corrected chi connectivity index (χ4v) is 4.09. The summed E-state index contributed by atoms with van der Waals surface area (Å²) in [6.45, 7) is 2.29. The van der Waals surface area contributed by atoms with Crippen LogP contribution in [0.5, 0.6) is 0 Å². The van der Waals surface area contributed by atoms with E-state index in [4.69, 9.17) is 14.2 Å². The van der Waals surface area contributed by atoms with Crippen molar-refractivity contribution in [2.75, 3.05) is 24.7 Å². The van der Waals surface area contributed by atoms with Crippen molar-refractivity contribution in [2.45, 2.75) is 39.1 Å². The first kappa shape index (κ1) is 28.5. The van der Waals surface area contributed by atoms with E-state index in [1.54, 1.807) is 23.2 Å². The maximum Gasteiger partial charge on any atom is 0.332 e. The summed E-state index contributed by atoms with van der Waals surface area (Å²) in [4.78, 5) is 42.4. The van der Waals surface area contributed by atoms with E-state index in [-0.39, 0.29) is 38.0 Å². The van der Waals surface area contributed by atoms with Crippen molar-refractivity contribution < 1.29 is 23.8 Å². The van der Waals surface area contributed by atoms with Gasteiger partial charge in [0.1, 0.15) is 32.7 Å². The highest BCUT2D eigenvalue weighted by molar-refractivity contribution is 5.77. The highest BCUT2D eigenvalue weighted by atomic mass is 16.6. The third kappa shape index (κ3) is 8.51. The molecule has 4 rings (SSSR count). The predicted molar refractivity (Wildman–Crippen MR) is 151 cm³/mol. The highest BCUT2D eigenvalue weighted by Crippen LogP contribution is 2.08. The van der Waals surface area contributed by atoms with Gasteiger partial charge in [0.2, 0.25) is 0 Å². The molecular formula is C31H33N3O6. The minimum Gasteiger partial charge on any atom is -0.459 e. The normalized spacial score (nSPS) is 11.6. The van der Waals surface area contributed by atoms with Gasteiger partial charge in [0.15, 0.2) is 0 Å². The van der Waals surface area contributed by atoms with Crippen LogP contribution in [0, 0.1) is 0 Å². The number of hydrogen-bond donors (Lipinski definition) is 0. The first-order valence-corrected chi connectivity index (χ1v) is 13.2. The predicted octanol–water partition coefficient (Wildman–Crippen LogP) is 4.01. The SMILES string of the molecule is C[C@H](CCCN(CC(=O)OCc1ccccc1)n1cnc2ccccc2c1=O)OCC(=O)OCc1ccccc1. The van der Waals surface area contributed by atoms with Gasteiger partial charge in [-0.05, 0) is 43.0 Å². The van der Waals surface area contributed by atoms with Crippen molar-refractivity contribution in [2.24, 2.45) is 0 Å². The maximum absolute atomic E-state index is 13.2. The number of fused-ring (bicyclic) bond motifs is 1. The minimum absolute atomic E-state index is 0.131. The van der Waals surface area contributed by atoms with E-state index in [9.17, 15) is 14.4 Å². The van der Waals surface area contributed by atoms with Crippen molar-refractivity contribution in [1.29, 1.82) is 0 Å². The summed E-state index contributed by atoms with van der Waals surface area (Å²) in [5, 5.41) is 2.08. The number of para-hydroxylation sites is 1. The summed E-state index contributed by atoms with van der Waals surface area (Å²) in [6, 6.07) is 25.9. The second-order valence-corrected chi connectivity index (χ2v) is 9.36. The molecule has 1 atom stereocenters. The number of esters is 2. The van der Waals surface area contributed by atoms with E-state index in [0.29, 0.717) is 30.3 Å². The Hall–Kier alpha value is -4.50. The van der Waals surface area contributed by atoms with Gasteiger partial charge in [-0.2, -0.15) is 0 Å². The lowest BCUT2D eigenvalue weighted by atomic mass is 10.2. The maximum atomic E-state index is 13.2. The molecule has 0 bridgehead atoms. The van der Waals surface area contributed by atoms with Crippen molar-refractivity contribution in [3.8, 4) is 0 Å². The molecule has 3 aromatic carbocycles. The number of hydrogen-bond acceptors (Lipinski definition) is 8. The Balaban J connectivity index is 1.32. The van der Waals surface area contributed by atoms with Crippen LogP contribution < -0.4 is 10.6 Å². The van der Waals surface area contributed by atoms with Crippen LogP contribution in [-0.2, 0) is 37.0 Å². The molecule has 1 heterocycles. The molecule has 0 aliphatic rings. The Labute approximate surface area is 232 Å². The van der Waals surface area contributed by atoms with Crippen LogP contribution in [0.1, 0.15) is 30.9 Å². The third-order valence-electron chi connectivity index (χ3n) is 6.26. The van der Waals surface area contributed by atoms with Gasteiger partial charge in [0, 0.05) is 6.54 Å². The van der Waals surface area contributed by atoms with Crippen LogP contribution in [-0.4, -0.2) is 47.4 Å². The van der Waals surface area contributed by atoms with Crippen LogP contribution in [0.2, 0.25) is 0 Å². The number of carbonyl (C=O) groups is 2. The number of nitrogens with zero attached hydrogens (tertiary/aromatic N) is 3. The quantitative estimate of drug-likeness (QED) is 0.220. The molecule has 0 radical (unpaired) electrons. The van der Waals surface area contributed by atoms with Gasteiger partial charge in [-0.25, -0.2) is 14.5 Å². The van der Waals surface area contributed by atoms with Gasteiger partial charge in [0.25, 0.3) is 5.56 Å². The summed E-state index contributed by atoms with van der Waals surface area (Å²) in [7, 11) is 0. The van der Waals surface area contributed by atoms with Gasteiger partial charge >= 0.3 is 11.9 Å². The fraction of sp³-hybridized carbons (Fsp3) is 0.290. The highest BCUT2D eigenvalue weighted by Gasteiger charge is 2.17. The average Bonchev–Trinajstić information content (AvgIpc) is 2.99. The van der Waals surface area contributed by atoms with Crippen LogP contribution >= 0.6 is 0 Å². The number of benzene rings is 3. The molecule has 1 aromatic heterocycles. The van der Waals surface area contributed by atoms with E-state index in [1.165, 1.54) is 11.0 Å². The molecule has 0 saturated heterocycles. The first-order valence-electron chi connectivity index (χ1n) is 13.2. The Morgan fingerprint density at radius 2 is 1.45 bits per heavy atom. The third-order valence-corrected chi connectivity index (χ3v) is 6.26. The summed E-state index contributed by atoms with van der Waals surface area (Å²) in [5.74, 6) is -0.901. The van der Waals surface area contributed by atoms with Crippen LogP contribution in [0.4, 0.5) is 0 Å². The van der Waals surface area contributed by atoms with Gasteiger partial charge in [-0.3, -0.25) is 14.6 Å². The lowest BCUT2D eigenvalue weighted by Crippen LogP contribution is -2.46. The molecule has 40 heavy (non-hydrogen) atoms. The largest absolute Gasteiger partial charge is 0.459 e. The lowest BCUT2D eigenvalue weighted by molar-refractivity contribution is -0.152. The van der Waals surface area contributed by atoms with E-state index in [2.05, 4.69) is 4.98 Å². The summed E-state index contributed by atoms with van der Waals surface area (Å²) >= 11 is 0. The molecule has 0 saturated carbocycles. The smallest absolute Gasteiger partial charge is 0.332 e. The number of rotatable bonds is 14. The number of aromatic nitrogens is 2. The van der Waals surface area contributed by atoms with Crippen LogP contribution in [0.3, 0.4) is 0 Å². The van der Waals surface area contributed by atoms with Gasteiger partial charge in [0.05, 0.1) is 17.0 Å². The van der Waals surface area contributed by atoms with Crippen molar-refractivity contribution in [1.82, 2.24) is 9.66 Å². The summed E-state index contributed by atoms with van der Waals surface area (Å²) in [5.41, 5.74) is 2.09. The first-order chi connectivity index (χ1) is 19.5. The standard InChI is InChI=1S/C31H33N3O6/c1-24(38-22-30(36)40-21-26-14-6-3-7-15-26)11-10-18-33(19-29(35)39-20-25-12-4-2-5-13-25)34-23-32-28-17-9-8-16-27(28)31(34)37/h2-9,12-17,23-24H,10-11,18-22H2,1H3/t24-/m1/s1. The Morgan fingerprint density at radius 1 is 0.850 bits per heavy atom. The van der Waals surface area contributed by atoms with E-state index < -0.39 is 11.9 Å². The zero-order valence-corrected chi connectivity index (χ0v) is 22.5. The molecule has 0 spiro atoms. The average molecular weight is 544 g/mol. The Morgan fingerprint density at radius 3 is 2.12 bits per heavy atom. The summed E-state index contributed by atoms with van der Waals surface area (Å²) in [6.07, 6.45) is 2.38. The minimum atomic E-state index is -0.464. The van der Waals surface area contributed by atoms with Gasteiger partial charge in [-0.1, -0.05) is 72.8 Å². The number of ether oxygens (including phenoxy) is 3. The molecule has 0 amide bonds. The molecule has 0 aliphatic heterocycles. The summed E-state index contributed by atoms with van der Waals surface area (Å²) < 4.78 is 17.7. The van der Waals surface area contributed by atoms with Gasteiger partial charge in [-0.15, -0.1) is 0 Å². The van der Waals surface area contributed by atoms with Crippen LogP contribution in [0.15, 0.2) is 96.1 Å². The molecule has 9 heteroatoms. The Bertz CT molecular complexity index is 1440. The lowest BCUT2D eigenvalue weighted by Gasteiger charge is -2.26. The van der Waals surface area contributed by atoms with Gasteiger partial charge < -0.3 is 14.2 Å². The van der Waals surface area contributed by atoms with E-state index in [0.717, 1.165) is 11.1 Å². The molecule has 0 N–H and O–H groups in total. The molecule has 208 valence electrons. The molecule has 0 fully saturated rings. The topological polar surface area (TPSA) is 100.0 Å². The second-order valence-electron chi connectivity index (χ2n) is 9.36. The zero-order chi connectivity index (χ0) is 28.2. The van der Waals surface area contributed by atoms with Crippen molar-refractivity contribution in [3.05, 3.63) is 113 Å². The molecular weight excluding hydrogens is 510 g/mol. The molecule has 0 unspecified atom stereocenters. The van der Waals surface area contributed by atoms with E-state index >= 15 is 0 Å². The van der Waals surface area contributed by atoms with E-state index in [1.807, 2.05) is 73.7 Å². The van der Waals surface area contributed by atoms with Crippen LogP contribution in [0.25, 0.3) is 10.9 Å². The molecule has 4 aromatic rings. The molecule has 0 aliphatic carbocycles.